The molecule has 26 heavy (non-hydrogen) atoms. The summed E-state index contributed by atoms with van der Waals surface area (Å²) in [4.78, 5) is 16.7. The SMILES string of the molecule is O=C(NCCn1ccnc1)c1cc2sccc2n1CCc1ccccc1. The van der Waals surface area contributed by atoms with E-state index >= 15 is 0 Å². The van der Waals surface area contributed by atoms with Gasteiger partial charge in [0.1, 0.15) is 5.69 Å². The van der Waals surface area contributed by atoms with Crippen molar-refractivity contribution in [3.05, 3.63) is 77.8 Å². The van der Waals surface area contributed by atoms with Gasteiger partial charge in [-0.05, 0) is 29.5 Å². The number of amides is 1. The Morgan fingerprint density at radius 1 is 1.15 bits per heavy atom. The Hall–Kier alpha value is -2.86. The molecule has 0 saturated carbocycles. The monoisotopic (exact) mass is 364 g/mol. The third kappa shape index (κ3) is 3.55. The minimum absolute atomic E-state index is 0.0263. The zero-order chi connectivity index (χ0) is 17.8. The molecule has 1 aromatic carbocycles. The van der Waals surface area contributed by atoms with E-state index < -0.39 is 0 Å². The van der Waals surface area contributed by atoms with Crippen molar-refractivity contribution in [3.63, 3.8) is 0 Å². The molecule has 0 unspecified atom stereocenters. The molecule has 0 spiro atoms. The third-order valence-corrected chi connectivity index (χ3v) is 5.29. The van der Waals surface area contributed by atoms with Gasteiger partial charge in [0, 0.05) is 32.0 Å². The summed E-state index contributed by atoms with van der Waals surface area (Å²) < 4.78 is 5.23. The van der Waals surface area contributed by atoms with Gasteiger partial charge >= 0.3 is 0 Å². The highest BCUT2D eigenvalue weighted by atomic mass is 32.1. The molecule has 5 nitrogen and oxygen atoms in total. The Morgan fingerprint density at radius 2 is 2.04 bits per heavy atom. The number of thiophene rings is 1. The van der Waals surface area contributed by atoms with Crippen LogP contribution in [0.25, 0.3) is 10.2 Å². The van der Waals surface area contributed by atoms with Gasteiger partial charge < -0.3 is 14.5 Å². The summed E-state index contributed by atoms with van der Waals surface area (Å²) in [5.41, 5.74) is 3.13. The first-order valence-corrected chi connectivity index (χ1v) is 9.54. The van der Waals surface area contributed by atoms with E-state index in [4.69, 9.17) is 0 Å². The first kappa shape index (κ1) is 16.6. The third-order valence-electron chi connectivity index (χ3n) is 4.44. The molecule has 132 valence electrons. The normalized spacial score (nSPS) is 11.1. The van der Waals surface area contributed by atoms with Crippen molar-refractivity contribution in [2.75, 3.05) is 6.54 Å². The van der Waals surface area contributed by atoms with Gasteiger partial charge in [0.25, 0.3) is 5.91 Å². The van der Waals surface area contributed by atoms with Crippen molar-refractivity contribution < 1.29 is 4.79 Å². The van der Waals surface area contributed by atoms with E-state index in [0.717, 1.165) is 28.9 Å². The number of fused-ring (bicyclic) bond motifs is 1. The van der Waals surface area contributed by atoms with Crippen molar-refractivity contribution in [1.29, 1.82) is 0 Å². The molecule has 0 aliphatic heterocycles. The Morgan fingerprint density at radius 3 is 2.85 bits per heavy atom. The largest absolute Gasteiger partial charge is 0.349 e. The fourth-order valence-corrected chi connectivity index (χ4v) is 3.92. The lowest BCUT2D eigenvalue weighted by atomic mass is 10.1. The van der Waals surface area contributed by atoms with E-state index in [1.807, 2.05) is 22.9 Å². The maximum Gasteiger partial charge on any atom is 0.268 e. The molecule has 4 rings (SSSR count). The number of nitrogens with one attached hydrogen (secondary N) is 1. The molecule has 0 bridgehead atoms. The standard InChI is InChI=1S/C20H20N4OS/c25-20(22-9-12-23-11-8-21-15-23)18-14-19-17(7-13-26-19)24(18)10-6-16-4-2-1-3-5-16/h1-5,7-8,11,13-15H,6,9-10,12H2,(H,22,25). The van der Waals surface area contributed by atoms with Gasteiger partial charge in [0.15, 0.2) is 0 Å². The predicted molar refractivity (Wildman–Crippen MR) is 105 cm³/mol. The van der Waals surface area contributed by atoms with Crippen LogP contribution in [0.3, 0.4) is 0 Å². The van der Waals surface area contributed by atoms with Crippen LogP contribution in [-0.4, -0.2) is 26.6 Å². The molecule has 4 aromatic rings. The number of rotatable bonds is 7. The van der Waals surface area contributed by atoms with Gasteiger partial charge in [-0.1, -0.05) is 30.3 Å². The van der Waals surface area contributed by atoms with Gasteiger partial charge in [-0.25, -0.2) is 4.98 Å². The van der Waals surface area contributed by atoms with Crippen molar-refractivity contribution in [2.24, 2.45) is 0 Å². The van der Waals surface area contributed by atoms with Crippen LogP contribution in [0.5, 0.6) is 0 Å². The summed E-state index contributed by atoms with van der Waals surface area (Å²) in [6.07, 6.45) is 6.29. The maximum absolute atomic E-state index is 12.7. The van der Waals surface area contributed by atoms with Crippen molar-refractivity contribution >= 4 is 27.5 Å². The number of hydrogen-bond donors (Lipinski definition) is 1. The first-order chi connectivity index (χ1) is 12.8. The molecule has 0 radical (unpaired) electrons. The van der Waals surface area contributed by atoms with Crippen LogP contribution in [0.2, 0.25) is 0 Å². The van der Waals surface area contributed by atoms with E-state index in [1.54, 1.807) is 23.9 Å². The second kappa shape index (κ2) is 7.58. The molecule has 1 N–H and O–H groups in total. The van der Waals surface area contributed by atoms with Crippen molar-refractivity contribution in [1.82, 2.24) is 19.4 Å². The lowest BCUT2D eigenvalue weighted by Crippen LogP contribution is -2.29. The highest BCUT2D eigenvalue weighted by molar-refractivity contribution is 7.17. The van der Waals surface area contributed by atoms with Crippen LogP contribution >= 0.6 is 11.3 Å². The van der Waals surface area contributed by atoms with Crippen LogP contribution in [0.15, 0.2) is 66.6 Å². The van der Waals surface area contributed by atoms with Crippen LogP contribution < -0.4 is 5.32 Å². The number of aromatic nitrogens is 3. The van der Waals surface area contributed by atoms with Crippen molar-refractivity contribution in [2.45, 2.75) is 19.5 Å². The van der Waals surface area contributed by atoms with Gasteiger partial charge in [0.05, 0.1) is 16.5 Å². The number of benzene rings is 1. The molecule has 0 aliphatic rings. The first-order valence-electron chi connectivity index (χ1n) is 8.66. The van der Waals surface area contributed by atoms with Gasteiger partial charge in [-0.15, -0.1) is 11.3 Å². The molecule has 3 aromatic heterocycles. The summed E-state index contributed by atoms with van der Waals surface area (Å²) >= 11 is 1.67. The Balaban J connectivity index is 1.48. The molecule has 3 heterocycles. The number of imidazole rings is 1. The molecule has 0 aliphatic carbocycles. The molecular formula is C20H20N4OS. The number of carbonyl (C=O) groups excluding carboxylic acids is 1. The molecule has 6 heteroatoms. The number of nitrogens with zero attached hydrogens (tertiary/aromatic N) is 3. The van der Waals surface area contributed by atoms with Crippen molar-refractivity contribution in [3.8, 4) is 0 Å². The lowest BCUT2D eigenvalue weighted by Gasteiger charge is -2.11. The molecular weight excluding hydrogens is 344 g/mol. The Bertz CT molecular complexity index is 986. The molecule has 0 fully saturated rings. The molecule has 0 atom stereocenters. The molecule has 0 saturated heterocycles. The average Bonchev–Trinajstić information content (AvgIpc) is 3.38. The van der Waals surface area contributed by atoms with Crippen LogP contribution in [0.1, 0.15) is 16.1 Å². The summed E-state index contributed by atoms with van der Waals surface area (Å²) in [5, 5.41) is 5.10. The van der Waals surface area contributed by atoms with E-state index in [-0.39, 0.29) is 5.91 Å². The van der Waals surface area contributed by atoms with Crippen LogP contribution in [0, 0.1) is 0 Å². The highest BCUT2D eigenvalue weighted by Crippen LogP contribution is 2.25. The number of hydrogen-bond acceptors (Lipinski definition) is 3. The van der Waals surface area contributed by atoms with E-state index in [0.29, 0.717) is 13.1 Å². The maximum atomic E-state index is 12.7. The number of carbonyl (C=O) groups is 1. The fraction of sp³-hybridized carbons (Fsp3) is 0.200. The Kier molecular flexibility index (Phi) is 4.84. The quantitative estimate of drug-likeness (QED) is 0.545. The van der Waals surface area contributed by atoms with Gasteiger partial charge in [-0.2, -0.15) is 0 Å². The minimum Gasteiger partial charge on any atom is -0.349 e. The van der Waals surface area contributed by atoms with E-state index in [1.165, 1.54) is 5.56 Å². The smallest absolute Gasteiger partial charge is 0.268 e. The summed E-state index contributed by atoms with van der Waals surface area (Å²) in [5.74, 6) is -0.0263. The van der Waals surface area contributed by atoms with E-state index in [2.05, 4.69) is 50.6 Å². The second-order valence-electron chi connectivity index (χ2n) is 6.14. The number of aryl methyl sites for hydroxylation is 2. The van der Waals surface area contributed by atoms with Gasteiger partial charge in [0.2, 0.25) is 0 Å². The summed E-state index contributed by atoms with van der Waals surface area (Å²) in [6, 6.07) is 14.5. The highest BCUT2D eigenvalue weighted by Gasteiger charge is 2.16. The lowest BCUT2D eigenvalue weighted by molar-refractivity contribution is 0.0943. The fourth-order valence-electron chi connectivity index (χ4n) is 3.10. The zero-order valence-electron chi connectivity index (χ0n) is 14.3. The van der Waals surface area contributed by atoms with Gasteiger partial charge in [-0.3, -0.25) is 4.79 Å². The summed E-state index contributed by atoms with van der Waals surface area (Å²) in [6.45, 7) is 2.08. The summed E-state index contributed by atoms with van der Waals surface area (Å²) in [7, 11) is 0. The topological polar surface area (TPSA) is 51.9 Å². The Labute approximate surface area is 155 Å². The predicted octanol–water partition coefficient (Wildman–Crippen LogP) is 3.57. The van der Waals surface area contributed by atoms with Crippen LogP contribution in [-0.2, 0) is 19.5 Å². The van der Waals surface area contributed by atoms with Crippen LogP contribution in [0.4, 0.5) is 0 Å². The average molecular weight is 364 g/mol. The minimum atomic E-state index is -0.0263. The second-order valence-corrected chi connectivity index (χ2v) is 7.09. The zero-order valence-corrected chi connectivity index (χ0v) is 15.2. The van der Waals surface area contributed by atoms with E-state index in [9.17, 15) is 4.79 Å². The molecule has 1 amide bonds.